The molecule has 3 aromatic rings. The van der Waals surface area contributed by atoms with E-state index in [1.165, 1.54) is 13.3 Å². The molecule has 1 aromatic carbocycles. The number of methoxy groups -OCH3 is 1. The molecule has 0 unspecified atom stereocenters. The zero-order valence-electron chi connectivity index (χ0n) is 17.1. The number of aromatic nitrogens is 3. The molecule has 10 nitrogen and oxygen atoms in total. The van der Waals surface area contributed by atoms with E-state index in [0.717, 1.165) is 23.1 Å². The summed E-state index contributed by atoms with van der Waals surface area (Å²) < 4.78 is 29.0. The number of carbonyl (C=O) groups is 1. The van der Waals surface area contributed by atoms with Crippen molar-refractivity contribution in [2.24, 2.45) is 9.50 Å². The number of anilines is 1. The predicted molar refractivity (Wildman–Crippen MR) is 115 cm³/mol. The van der Waals surface area contributed by atoms with E-state index in [1.54, 1.807) is 29.1 Å². The minimum Gasteiger partial charge on any atom is -0.481 e. The van der Waals surface area contributed by atoms with Crippen molar-refractivity contribution in [3.8, 4) is 22.9 Å². The topological polar surface area (TPSA) is 134 Å². The fourth-order valence-corrected chi connectivity index (χ4v) is 4.26. The number of benzene rings is 1. The number of nitrogens with two attached hydrogens (primary N) is 1. The zero-order chi connectivity index (χ0) is 22.0. The van der Waals surface area contributed by atoms with E-state index in [4.69, 9.17) is 14.6 Å². The quantitative estimate of drug-likeness (QED) is 0.638. The molecule has 11 heteroatoms. The SMILES string of the molecule is COc1cc(-c2ccc(C)cc2NC(=O)N=[S@](N)(=O)c2cnn3c2OCCC3)ccn1. The minimum atomic E-state index is -3.55. The number of pyridine rings is 1. The number of carbonyl (C=O) groups excluding carboxylic acids is 1. The summed E-state index contributed by atoms with van der Waals surface area (Å²) in [5.74, 6) is 0.728. The van der Waals surface area contributed by atoms with Gasteiger partial charge in [0.05, 0.1) is 25.6 Å². The number of ether oxygens (including phenoxy) is 2. The molecule has 1 aliphatic rings. The van der Waals surface area contributed by atoms with Gasteiger partial charge in [0.25, 0.3) is 0 Å². The Morgan fingerprint density at radius 1 is 1.35 bits per heavy atom. The first kappa shape index (κ1) is 20.8. The number of amides is 2. The first-order valence-corrected chi connectivity index (χ1v) is 11.1. The lowest BCUT2D eigenvalue weighted by atomic mass is 10.0. The van der Waals surface area contributed by atoms with Crippen LogP contribution in [-0.4, -0.2) is 38.7 Å². The molecule has 31 heavy (non-hydrogen) atoms. The maximum absolute atomic E-state index is 13.0. The Kier molecular flexibility index (Phi) is 5.61. The lowest BCUT2D eigenvalue weighted by Gasteiger charge is -2.16. The highest BCUT2D eigenvalue weighted by molar-refractivity contribution is 7.91. The number of urea groups is 1. The summed E-state index contributed by atoms with van der Waals surface area (Å²) in [5, 5.41) is 12.7. The van der Waals surface area contributed by atoms with Gasteiger partial charge >= 0.3 is 6.03 Å². The van der Waals surface area contributed by atoms with E-state index in [9.17, 15) is 9.00 Å². The molecular formula is C20H22N6O4S. The molecule has 2 aromatic heterocycles. The average Bonchev–Trinajstić information content (AvgIpc) is 3.19. The van der Waals surface area contributed by atoms with Gasteiger partial charge in [-0.25, -0.2) is 23.8 Å². The number of nitrogens with zero attached hydrogens (tertiary/aromatic N) is 4. The van der Waals surface area contributed by atoms with Crippen LogP contribution in [0.25, 0.3) is 11.1 Å². The summed E-state index contributed by atoms with van der Waals surface area (Å²) in [7, 11) is -2.02. The molecule has 4 rings (SSSR count). The van der Waals surface area contributed by atoms with Crippen molar-refractivity contribution in [2.45, 2.75) is 24.8 Å². The fraction of sp³-hybridized carbons (Fsp3) is 0.250. The van der Waals surface area contributed by atoms with Crippen LogP contribution in [0, 0.1) is 6.92 Å². The Morgan fingerprint density at radius 2 is 2.19 bits per heavy atom. The zero-order valence-corrected chi connectivity index (χ0v) is 17.9. The predicted octanol–water partition coefficient (Wildman–Crippen LogP) is 2.98. The van der Waals surface area contributed by atoms with E-state index in [-0.39, 0.29) is 10.8 Å². The number of fused-ring (bicyclic) bond motifs is 1. The molecule has 162 valence electrons. The largest absolute Gasteiger partial charge is 0.481 e. The van der Waals surface area contributed by atoms with Crippen LogP contribution in [0.1, 0.15) is 12.0 Å². The molecule has 1 atom stereocenters. The molecule has 0 saturated carbocycles. The third-order valence-electron chi connectivity index (χ3n) is 4.72. The third-order valence-corrected chi connectivity index (χ3v) is 6.07. The second-order valence-corrected chi connectivity index (χ2v) is 8.72. The van der Waals surface area contributed by atoms with Gasteiger partial charge in [-0.2, -0.15) is 5.10 Å². The summed E-state index contributed by atoms with van der Waals surface area (Å²) >= 11 is 0. The normalized spacial score (nSPS) is 14.7. The average molecular weight is 443 g/mol. The van der Waals surface area contributed by atoms with Gasteiger partial charge in [0.15, 0.2) is 9.92 Å². The van der Waals surface area contributed by atoms with Crippen molar-refractivity contribution in [2.75, 3.05) is 19.0 Å². The van der Waals surface area contributed by atoms with Crippen LogP contribution in [0.3, 0.4) is 0 Å². The van der Waals surface area contributed by atoms with Crippen LogP contribution in [-0.2, 0) is 16.5 Å². The Balaban J connectivity index is 1.66. The van der Waals surface area contributed by atoms with Crippen molar-refractivity contribution < 1.29 is 18.5 Å². The Bertz CT molecular complexity index is 1260. The first-order valence-electron chi connectivity index (χ1n) is 9.53. The van der Waals surface area contributed by atoms with Crippen LogP contribution in [0.4, 0.5) is 10.5 Å². The van der Waals surface area contributed by atoms with Crippen LogP contribution >= 0.6 is 0 Å². The Morgan fingerprint density at radius 3 is 3.00 bits per heavy atom. The molecule has 0 bridgehead atoms. The van der Waals surface area contributed by atoms with Crippen molar-refractivity contribution in [1.29, 1.82) is 0 Å². The first-order chi connectivity index (χ1) is 14.9. The highest BCUT2D eigenvalue weighted by Crippen LogP contribution is 2.31. The lowest BCUT2D eigenvalue weighted by molar-refractivity contribution is 0.224. The fourth-order valence-electron chi connectivity index (χ4n) is 3.26. The molecule has 3 N–H and O–H groups in total. The van der Waals surface area contributed by atoms with Crippen LogP contribution in [0.15, 0.2) is 52.0 Å². The summed E-state index contributed by atoms with van der Waals surface area (Å²) in [5.41, 5.74) is 2.93. The number of nitrogens with one attached hydrogen (secondary N) is 1. The molecule has 0 radical (unpaired) electrons. The van der Waals surface area contributed by atoms with E-state index < -0.39 is 15.9 Å². The summed E-state index contributed by atoms with van der Waals surface area (Å²) in [4.78, 5) is 16.9. The number of hydrogen-bond donors (Lipinski definition) is 2. The van der Waals surface area contributed by atoms with Gasteiger partial charge in [0, 0.05) is 30.8 Å². The Labute approximate surface area is 179 Å². The van der Waals surface area contributed by atoms with Crippen LogP contribution in [0.5, 0.6) is 11.8 Å². The molecule has 0 saturated heterocycles. The summed E-state index contributed by atoms with van der Waals surface area (Å²) in [6, 6.07) is 8.27. The monoisotopic (exact) mass is 442 g/mol. The second kappa shape index (κ2) is 8.36. The van der Waals surface area contributed by atoms with Gasteiger partial charge in [-0.05, 0) is 30.2 Å². The molecule has 3 heterocycles. The smallest absolute Gasteiger partial charge is 0.354 e. The van der Waals surface area contributed by atoms with E-state index in [0.29, 0.717) is 24.7 Å². The highest BCUT2D eigenvalue weighted by Gasteiger charge is 2.24. The van der Waals surface area contributed by atoms with Gasteiger partial charge in [0.2, 0.25) is 11.8 Å². The molecule has 1 aliphatic heterocycles. The van der Waals surface area contributed by atoms with Gasteiger partial charge in [-0.1, -0.05) is 12.1 Å². The third kappa shape index (κ3) is 4.37. The van der Waals surface area contributed by atoms with Crippen molar-refractivity contribution in [1.82, 2.24) is 14.8 Å². The van der Waals surface area contributed by atoms with Crippen LogP contribution in [0.2, 0.25) is 0 Å². The second-order valence-electron chi connectivity index (χ2n) is 6.97. The van der Waals surface area contributed by atoms with Gasteiger partial charge in [0.1, 0.15) is 4.90 Å². The maximum atomic E-state index is 13.0. The number of aryl methyl sites for hydroxylation is 2. The van der Waals surface area contributed by atoms with E-state index in [2.05, 4.69) is 19.8 Å². The van der Waals surface area contributed by atoms with Gasteiger partial charge < -0.3 is 14.8 Å². The van der Waals surface area contributed by atoms with Crippen LogP contribution < -0.4 is 19.9 Å². The van der Waals surface area contributed by atoms with Gasteiger partial charge in [-0.3, -0.25) is 0 Å². The lowest BCUT2D eigenvalue weighted by Crippen LogP contribution is -2.20. The maximum Gasteiger partial charge on any atom is 0.354 e. The van der Waals surface area contributed by atoms with Crippen molar-refractivity contribution in [3.63, 3.8) is 0 Å². The number of hydrogen-bond acceptors (Lipinski definition) is 6. The van der Waals surface area contributed by atoms with Gasteiger partial charge in [-0.15, -0.1) is 4.36 Å². The molecule has 0 spiro atoms. The Hall–Kier alpha value is -3.44. The minimum absolute atomic E-state index is 0.102. The molecular weight excluding hydrogens is 420 g/mol. The standard InChI is InChI=1S/C20H22N6O4S/c1-13-4-5-15(14-6-7-22-18(11-14)29-2)16(10-13)24-20(27)25-31(21,28)17-12-23-26-8-3-9-30-19(17)26/h4-7,10-12H,3,8-9H2,1-2H3,(H3,21,24,25,27,28)/t31-/m0/s1. The molecule has 0 aliphatic carbocycles. The van der Waals surface area contributed by atoms with Crippen molar-refractivity contribution in [3.05, 3.63) is 48.3 Å². The molecule has 0 fully saturated rings. The van der Waals surface area contributed by atoms with E-state index in [1.807, 2.05) is 19.1 Å². The summed E-state index contributed by atoms with van der Waals surface area (Å²) in [6.45, 7) is 2.98. The molecule has 2 amide bonds. The van der Waals surface area contributed by atoms with E-state index >= 15 is 0 Å². The summed E-state index contributed by atoms with van der Waals surface area (Å²) in [6.07, 6.45) is 3.73. The van der Waals surface area contributed by atoms with Crippen molar-refractivity contribution >= 4 is 21.6 Å². The number of rotatable bonds is 4. The highest BCUT2D eigenvalue weighted by atomic mass is 32.2.